The molecule has 27 heavy (non-hydrogen) atoms. The zero-order chi connectivity index (χ0) is 18.4. The Kier molecular flexibility index (Phi) is 3.32. The van der Waals surface area contributed by atoms with Crippen LogP contribution >= 0.6 is 0 Å². The lowest BCUT2D eigenvalue weighted by atomic mass is 10.2. The highest BCUT2D eigenvalue weighted by molar-refractivity contribution is 5.92. The van der Waals surface area contributed by atoms with Crippen molar-refractivity contribution in [2.24, 2.45) is 0 Å². The Hall–Kier alpha value is -3.88. The van der Waals surface area contributed by atoms with Crippen LogP contribution in [-0.4, -0.2) is 29.9 Å². The molecule has 0 spiro atoms. The molecule has 0 atom stereocenters. The van der Waals surface area contributed by atoms with Crippen LogP contribution in [0.15, 0.2) is 53.3 Å². The predicted octanol–water partition coefficient (Wildman–Crippen LogP) is 2.80. The van der Waals surface area contributed by atoms with Crippen molar-refractivity contribution in [1.82, 2.24) is 29.9 Å². The highest BCUT2D eigenvalue weighted by Crippen LogP contribution is 2.28. The number of rotatable bonds is 3. The number of nitrogens with two attached hydrogens (primary N) is 1. The van der Waals surface area contributed by atoms with E-state index in [0.29, 0.717) is 28.1 Å². The molecular weight excluding hydrogens is 349 g/mol. The minimum absolute atomic E-state index is 0.222. The SMILES string of the molecule is Nc1nc(-c2nn(Cc3ccccc3F)c3ncccc23)nc2oncc12. The molecule has 1 aromatic carbocycles. The summed E-state index contributed by atoms with van der Waals surface area (Å²) in [5, 5.41) is 9.53. The van der Waals surface area contributed by atoms with Gasteiger partial charge in [0.2, 0.25) is 0 Å². The molecule has 0 bridgehead atoms. The number of pyridine rings is 1. The fraction of sp³-hybridized carbons (Fsp3) is 0.0556. The fourth-order valence-electron chi connectivity index (χ4n) is 2.96. The number of aromatic nitrogens is 6. The zero-order valence-corrected chi connectivity index (χ0v) is 13.9. The van der Waals surface area contributed by atoms with Crippen molar-refractivity contribution < 1.29 is 8.91 Å². The van der Waals surface area contributed by atoms with Gasteiger partial charge in [0.05, 0.1) is 18.1 Å². The standard InChI is InChI=1S/C18H12FN7O/c19-13-6-2-1-4-10(13)9-26-17-11(5-3-7-21-17)14(25-26)16-23-15(20)12-8-22-27-18(12)24-16/h1-8H,9H2,(H2,20,23,24). The largest absolute Gasteiger partial charge is 0.383 e. The normalized spacial score (nSPS) is 11.4. The maximum absolute atomic E-state index is 14.1. The highest BCUT2D eigenvalue weighted by Gasteiger charge is 2.19. The molecule has 4 heterocycles. The highest BCUT2D eigenvalue weighted by atomic mass is 19.1. The molecule has 0 aliphatic carbocycles. The fourth-order valence-corrected chi connectivity index (χ4v) is 2.96. The number of nitrogens with zero attached hydrogens (tertiary/aromatic N) is 6. The summed E-state index contributed by atoms with van der Waals surface area (Å²) in [4.78, 5) is 13.1. The van der Waals surface area contributed by atoms with E-state index < -0.39 is 0 Å². The monoisotopic (exact) mass is 361 g/mol. The quantitative estimate of drug-likeness (QED) is 0.526. The van der Waals surface area contributed by atoms with E-state index in [9.17, 15) is 4.39 Å². The van der Waals surface area contributed by atoms with Crippen LogP contribution < -0.4 is 5.73 Å². The average molecular weight is 361 g/mol. The molecule has 0 saturated carbocycles. The van der Waals surface area contributed by atoms with Crippen LogP contribution in [0.2, 0.25) is 0 Å². The summed E-state index contributed by atoms with van der Waals surface area (Å²) in [6, 6.07) is 10.2. The van der Waals surface area contributed by atoms with Gasteiger partial charge in [-0.3, -0.25) is 0 Å². The topological polar surface area (TPSA) is 109 Å². The molecule has 9 heteroatoms. The summed E-state index contributed by atoms with van der Waals surface area (Å²) in [5.41, 5.74) is 7.84. The molecule has 5 aromatic rings. The van der Waals surface area contributed by atoms with Crippen LogP contribution in [0.5, 0.6) is 0 Å². The maximum Gasteiger partial charge on any atom is 0.263 e. The first-order valence-electron chi connectivity index (χ1n) is 8.14. The molecule has 8 nitrogen and oxygen atoms in total. The second-order valence-corrected chi connectivity index (χ2v) is 5.95. The van der Waals surface area contributed by atoms with Gasteiger partial charge >= 0.3 is 0 Å². The minimum atomic E-state index is -0.304. The first kappa shape index (κ1) is 15.4. The number of hydrogen-bond donors (Lipinski definition) is 1. The maximum atomic E-state index is 14.1. The Labute approximate surface area is 151 Å². The van der Waals surface area contributed by atoms with Crippen molar-refractivity contribution in [3.63, 3.8) is 0 Å². The lowest BCUT2D eigenvalue weighted by molar-refractivity contribution is 0.448. The van der Waals surface area contributed by atoms with Gasteiger partial charge in [0.15, 0.2) is 11.5 Å². The van der Waals surface area contributed by atoms with E-state index >= 15 is 0 Å². The van der Waals surface area contributed by atoms with Crippen LogP contribution in [-0.2, 0) is 6.54 Å². The molecule has 0 amide bonds. The average Bonchev–Trinajstić information content (AvgIpc) is 3.29. The second-order valence-electron chi connectivity index (χ2n) is 5.95. The number of fused-ring (bicyclic) bond motifs is 2. The van der Waals surface area contributed by atoms with Gasteiger partial charge in [0, 0.05) is 11.8 Å². The van der Waals surface area contributed by atoms with E-state index in [1.54, 1.807) is 35.1 Å². The van der Waals surface area contributed by atoms with Gasteiger partial charge in [-0.05, 0) is 18.2 Å². The van der Waals surface area contributed by atoms with Crippen LogP contribution in [0.1, 0.15) is 5.56 Å². The van der Waals surface area contributed by atoms with Crippen LogP contribution in [0.3, 0.4) is 0 Å². The summed E-state index contributed by atoms with van der Waals surface area (Å²) < 4.78 is 20.8. The molecule has 0 radical (unpaired) electrons. The van der Waals surface area contributed by atoms with E-state index in [0.717, 1.165) is 5.39 Å². The summed E-state index contributed by atoms with van der Waals surface area (Å²) in [5.74, 6) is 0.237. The van der Waals surface area contributed by atoms with Crippen LogP contribution in [0, 0.1) is 5.82 Å². The lowest BCUT2D eigenvalue weighted by Crippen LogP contribution is -2.05. The van der Waals surface area contributed by atoms with Crippen molar-refractivity contribution >= 4 is 28.0 Å². The van der Waals surface area contributed by atoms with E-state index in [1.807, 2.05) is 6.07 Å². The van der Waals surface area contributed by atoms with Crippen molar-refractivity contribution in [3.05, 3.63) is 60.2 Å². The van der Waals surface area contributed by atoms with Crippen LogP contribution in [0.4, 0.5) is 10.2 Å². The molecule has 0 unspecified atom stereocenters. The lowest BCUT2D eigenvalue weighted by Gasteiger charge is -2.04. The molecule has 5 rings (SSSR count). The zero-order valence-electron chi connectivity index (χ0n) is 13.9. The summed E-state index contributed by atoms with van der Waals surface area (Å²) >= 11 is 0. The molecule has 0 aliphatic heterocycles. The van der Waals surface area contributed by atoms with Gasteiger partial charge in [-0.1, -0.05) is 23.4 Å². The third kappa shape index (κ3) is 2.48. The molecule has 0 saturated heterocycles. The van der Waals surface area contributed by atoms with E-state index in [2.05, 4.69) is 25.2 Å². The first-order chi connectivity index (χ1) is 13.2. The Morgan fingerprint density at radius 2 is 1.96 bits per heavy atom. The van der Waals surface area contributed by atoms with E-state index in [-0.39, 0.29) is 23.9 Å². The van der Waals surface area contributed by atoms with E-state index in [1.165, 1.54) is 12.3 Å². The number of anilines is 1. The smallest absolute Gasteiger partial charge is 0.263 e. The Morgan fingerprint density at radius 1 is 1.07 bits per heavy atom. The number of benzene rings is 1. The van der Waals surface area contributed by atoms with Gasteiger partial charge in [-0.2, -0.15) is 10.1 Å². The molecule has 132 valence electrons. The molecular formula is C18H12FN7O. The van der Waals surface area contributed by atoms with Gasteiger partial charge in [0.25, 0.3) is 5.71 Å². The second kappa shape index (κ2) is 5.84. The number of halogens is 1. The number of hydrogen-bond acceptors (Lipinski definition) is 7. The molecule has 4 aromatic heterocycles. The van der Waals surface area contributed by atoms with Gasteiger partial charge in [-0.25, -0.2) is 19.0 Å². The van der Waals surface area contributed by atoms with Gasteiger partial charge < -0.3 is 10.3 Å². The van der Waals surface area contributed by atoms with Crippen LogP contribution in [0.25, 0.3) is 33.7 Å². The van der Waals surface area contributed by atoms with E-state index in [4.69, 9.17) is 10.3 Å². The third-order valence-electron chi connectivity index (χ3n) is 4.26. The van der Waals surface area contributed by atoms with Crippen molar-refractivity contribution in [3.8, 4) is 11.5 Å². The Bertz CT molecular complexity index is 1290. The van der Waals surface area contributed by atoms with Gasteiger partial charge in [0.1, 0.15) is 22.7 Å². The van der Waals surface area contributed by atoms with Crippen molar-refractivity contribution in [1.29, 1.82) is 0 Å². The first-order valence-corrected chi connectivity index (χ1v) is 8.14. The molecule has 0 aliphatic rings. The molecule has 0 fully saturated rings. The predicted molar refractivity (Wildman–Crippen MR) is 96.0 cm³/mol. The van der Waals surface area contributed by atoms with Crippen molar-refractivity contribution in [2.75, 3.05) is 5.73 Å². The third-order valence-corrected chi connectivity index (χ3v) is 4.26. The summed E-state index contributed by atoms with van der Waals surface area (Å²) in [6.45, 7) is 0.222. The summed E-state index contributed by atoms with van der Waals surface area (Å²) in [7, 11) is 0. The van der Waals surface area contributed by atoms with Crippen molar-refractivity contribution in [2.45, 2.75) is 6.54 Å². The Morgan fingerprint density at radius 3 is 2.85 bits per heavy atom. The minimum Gasteiger partial charge on any atom is -0.383 e. The van der Waals surface area contributed by atoms with Gasteiger partial charge in [-0.15, -0.1) is 0 Å². The summed E-state index contributed by atoms with van der Waals surface area (Å²) in [6.07, 6.45) is 3.12. The Balaban J connectivity index is 1.70. The number of nitrogen functional groups attached to an aromatic ring is 1. The molecule has 2 N–H and O–H groups in total.